The second-order valence-corrected chi connectivity index (χ2v) is 7.63. The number of halogens is 1. The van der Waals surface area contributed by atoms with Crippen LogP contribution in [0.5, 0.6) is 0 Å². The molecule has 0 fully saturated rings. The van der Waals surface area contributed by atoms with Gasteiger partial charge in [0.2, 0.25) is 0 Å². The first-order chi connectivity index (χ1) is 14.3. The van der Waals surface area contributed by atoms with Crippen molar-refractivity contribution in [2.45, 2.75) is 51.5 Å². The van der Waals surface area contributed by atoms with E-state index < -0.39 is 0 Å². The Bertz CT molecular complexity index is 959. The van der Waals surface area contributed by atoms with Crippen LogP contribution in [-0.2, 0) is 25.8 Å². The van der Waals surface area contributed by atoms with Crippen molar-refractivity contribution >= 4 is 40.8 Å². The van der Waals surface area contributed by atoms with Crippen molar-refractivity contribution < 1.29 is 0 Å². The van der Waals surface area contributed by atoms with Crippen molar-refractivity contribution in [1.29, 1.82) is 0 Å². The molecule has 0 spiro atoms. The molecular weight excluding hydrogens is 489 g/mol. The maximum absolute atomic E-state index is 4.42. The van der Waals surface area contributed by atoms with Gasteiger partial charge >= 0.3 is 0 Å². The summed E-state index contributed by atoms with van der Waals surface area (Å²) in [5, 5.41) is 16.9. The van der Waals surface area contributed by atoms with Crippen LogP contribution < -0.4 is 10.6 Å². The van der Waals surface area contributed by atoms with Crippen LogP contribution in [0, 0.1) is 0 Å². The summed E-state index contributed by atoms with van der Waals surface area (Å²) in [5.74, 6) is 3.15. The van der Waals surface area contributed by atoms with Gasteiger partial charge in [0.15, 0.2) is 5.96 Å². The molecule has 2 aromatic heterocycles. The Hall–Kier alpha value is -2.10. The number of benzene rings is 1. The number of hydrogen-bond donors (Lipinski definition) is 3. The Morgan fingerprint density at radius 1 is 1.10 bits per heavy atom. The summed E-state index contributed by atoms with van der Waals surface area (Å²) in [5.41, 5.74) is 2.52. The maximum atomic E-state index is 4.42. The molecule has 0 aliphatic carbocycles. The van der Waals surface area contributed by atoms with Gasteiger partial charge in [0.25, 0.3) is 0 Å². The number of guanidine groups is 1. The summed E-state index contributed by atoms with van der Waals surface area (Å²) in [6, 6.07) is 8.42. The van der Waals surface area contributed by atoms with Crippen LogP contribution in [0.4, 0.5) is 0 Å². The van der Waals surface area contributed by atoms with Gasteiger partial charge in [-0.2, -0.15) is 0 Å². The molecule has 3 aromatic rings. The number of nitrogens with one attached hydrogen (secondary N) is 3. The monoisotopic (exact) mass is 521 g/mol. The van der Waals surface area contributed by atoms with Crippen LogP contribution in [0.1, 0.15) is 42.9 Å². The Balaban J connectivity index is 0.00000256. The summed E-state index contributed by atoms with van der Waals surface area (Å²) < 4.78 is 2.33. The van der Waals surface area contributed by atoms with Crippen molar-refractivity contribution in [1.82, 2.24) is 30.4 Å². The summed E-state index contributed by atoms with van der Waals surface area (Å²) in [4.78, 5) is 7.67. The number of fused-ring (bicyclic) bond motifs is 2. The molecule has 0 bridgehead atoms. The number of rotatable bonds is 7. The van der Waals surface area contributed by atoms with Crippen LogP contribution >= 0.6 is 24.0 Å². The zero-order valence-electron chi connectivity index (χ0n) is 17.7. The van der Waals surface area contributed by atoms with E-state index in [1.54, 1.807) is 0 Å². The van der Waals surface area contributed by atoms with E-state index in [0.717, 1.165) is 57.1 Å². The van der Waals surface area contributed by atoms with Crippen LogP contribution in [-0.4, -0.2) is 45.8 Å². The minimum Gasteiger partial charge on any atom is -0.361 e. The van der Waals surface area contributed by atoms with E-state index in [9.17, 15) is 0 Å². The summed E-state index contributed by atoms with van der Waals surface area (Å²) in [7, 11) is 1.82. The number of hydrogen-bond acceptors (Lipinski definition) is 3. The second kappa shape index (κ2) is 11.3. The average Bonchev–Trinajstić information content (AvgIpc) is 3.26. The lowest BCUT2D eigenvalue weighted by Crippen LogP contribution is -2.38. The second-order valence-electron chi connectivity index (χ2n) is 7.63. The fourth-order valence-electron chi connectivity index (χ4n) is 4.06. The van der Waals surface area contributed by atoms with Crippen LogP contribution in [0.2, 0.25) is 0 Å². The van der Waals surface area contributed by atoms with Crippen molar-refractivity contribution in [3.05, 3.63) is 47.7 Å². The van der Waals surface area contributed by atoms with Crippen molar-refractivity contribution in [2.75, 3.05) is 20.1 Å². The fourth-order valence-corrected chi connectivity index (χ4v) is 4.06. The van der Waals surface area contributed by atoms with Crippen LogP contribution in [0.25, 0.3) is 10.9 Å². The Morgan fingerprint density at radius 2 is 1.97 bits per heavy atom. The highest BCUT2D eigenvalue weighted by Gasteiger charge is 2.14. The van der Waals surface area contributed by atoms with Crippen molar-refractivity contribution in [3.63, 3.8) is 0 Å². The lowest BCUT2D eigenvalue weighted by Gasteiger charge is -2.12. The molecule has 0 amide bonds. The Kier molecular flexibility index (Phi) is 8.53. The predicted molar refractivity (Wildman–Crippen MR) is 133 cm³/mol. The zero-order valence-corrected chi connectivity index (χ0v) is 20.0. The molecule has 0 saturated carbocycles. The zero-order chi connectivity index (χ0) is 19.9. The maximum Gasteiger partial charge on any atom is 0.190 e. The molecule has 1 aliphatic heterocycles. The van der Waals surface area contributed by atoms with E-state index in [0.29, 0.717) is 0 Å². The smallest absolute Gasteiger partial charge is 0.190 e. The topological polar surface area (TPSA) is 82.9 Å². The molecule has 8 heteroatoms. The molecule has 0 radical (unpaired) electrons. The molecule has 0 saturated heterocycles. The SMILES string of the molecule is CN=C(NCCCc1nnc2n1CCCCC2)NCCc1c[nH]c2ccccc12.I. The molecule has 162 valence electrons. The number of aromatic amines is 1. The average molecular weight is 521 g/mol. The largest absolute Gasteiger partial charge is 0.361 e. The Labute approximate surface area is 195 Å². The fraction of sp³-hybridized carbons (Fsp3) is 0.500. The lowest BCUT2D eigenvalue weighted by atomic mass is 10.1. The number of aryl methyl sites for hydroxylation is 2. The van der Waals surface area contributed by atoms with Gasteiger partial charge in [-0.05, 0) is 37.3 Å². The summed E-state index contributed by atoms with van der Waals surface area (Å²) in [6.07, 6.45) is 9.86. The van der Waals surface area contributed by atoms with Crippen LogP contribution in [0.15, 0.2) is 35.5 Å². The number of H-pyrrole nitrogens is 1. The molecule has 0 atom stereocenters. The number of aromatic nitrogens is 4. The molecule has 30 heavy (non-hydrogen) atoms. The standard InChI is InChI=1S/C22H31N7.HI/c1-23-22(25-14-12-17-16-26-19-9-5-4-8-18(17)19)24-13-7-11-21-28-27-20-10-3-2-6-15-29(20)21;/h4-5,8-9,16,26H,2-3,6-7,10-15H2,1H3,(H2,23,24,25);1H. The van der Waals surface area contributed by atoms with E-state index in [-0.39, 0.29) is 24.0 Å². The minimum atomic E-state index is 0. The molecule has 0 unspecified atom stereocenters. The molecule has 3 N–H and O–H groups in total. The molecular formula is C22H32IN7. The summed E-state index contributed by atoms with van der Waals surface area (Å²) >= 11 is 0. The molecule has 3 heterocycles. The van der Waals surface area contributed by atoms with Gasteiger partial charge in [-0.15, -0.1) is 34.2 Å². The van der Waals surface area contributed by atoms with Crippen molar-refractivity contribution in [3.8, 4) is 0 Å². The first-order valence-electron chi connectivity index (χ1n) is 10.8. The highest BCUT2D eigenvalue weighted by atomic mass is 127. The van der Waals surface area contributed by atoms with E-state index in [1.807, 2.05) is 7.05 Å². The summed E-state index contributed by atoms with van der Waals surface area (Å²) in [6.45, 7) is 2.79. The minimum absolute atomic E-state index is 0. The Morgan fingerprint density at radius 3 is 2.87 bits per heavy atom. The van der Waals surface area contributed by atoms with Gasteiger partial charge in [0.1, 0.15) is 11.6 Å². The third kappa shape index (κ3) is 5.53. The normalized spacial score (nSPS) is 14.1. The lowest BCUT2D eigenvalue weighted by molar-refractivity contribution is 0.594. The molecule has 1 aliphatic rings. The third-order valence-electron chi connectivity index (χ3n) is 5.64. The van der Waals surface area contributed by atoms with E-state index in [1.165, 1.54) is 41.6 Å². The van der Waals surface area contributed by atoms with Gasteiger partial charge < -0.3 is 20.2 Å². The molecule has 1 aromatic carbocycles. The van der Waals surface area contributed by atoms with Gasteiger partial charge in [-0.3, -0.25) is 4.99 Å². The van der Waals surface area contributed by atoms with E-state index >= 15 is 0 Å². The highest BCUT2D eigenvalue weighted by molar-refractivity contribution is 14.0. The van der Waals surface area contributed by atoms with Crippen LogP contribution in [0.3, 0.4) is 0 Å². The van der Waals surface area contributed by atoms with Gasteiger partial charge in [-0.1, -0.05) is 24.6 Å². The molecule has 4 rings (SSSR count). The van der Waals surface area contributed by atoms with Gasteiger partial charge in [0, 0.05) is 56.6 Å². The molecule has 7 nitrogen and oxygen atoms in total. The third-order valence-corrected chi connectivity index (χ3v) is 5.64. The first-order valence-corrected chi connectivity index (χ1v) is 10.8. The predicted octanol–water partition coefficient (Wildman–Crippen LogP) is 3.44. The van der Waals surface area contributed by atoms with Gasteiger partial charge in [-0.25, -0.2) is 0 Å². The number of aliphatic imine (C=N–C) groups is 1. The van der Waals surface area contributed by atoms with E-state index in [2.05, 4.69) is 65.8 Å². The van der Waals surface area contributed by atoms with Gasteiger partial charge in [0.05, 0.1) is 0 Å². The van der Waals surface area contributed by atoms with E-state index in [4.69, 9.17) is 0 Å². The highest BCUT2D eigenvalue weighted by Crippen LogP contribution is 2.17. The number of nitrogens with zero attached hydrogens (tertiary/aromatic N) is 4. The van der Waals surface area contributed by atoms with Crippen molar-refractivity contribution in [2.24, 2.45) is 4.99 Å². The first kappa shape index (κ1) is 22.6. The quantitative estimate of drug-likeness (QED) is 0.193. The number of para-hydroxylation sites is 1.